The first-order valence-corrected chi connectivity index (χ1v) is 20.4. The summed E-state index contributed by atoms with van der Waals surface area (Å²) in [5.74, 6) is 1.22. The van der Waals surface area contributed by atoms with E-state index in [0.717, 1.165) is 38.8 Å². The Balaban J connectivity index is 1.17. The van der Waals surface area contributed by atoms with E-state index < -0.39 is 0 Å². The van der Waals surface area contributed by atoms with E-state index in [2.05, 4.69) is 144 Å². The summed E-state index contributed by atoms with van der Waals surface area (Å²) in [5, 5.41) is 10.8. The molecule has 0 atom stereocenters. The van der Waals surface area contributed by atoms with E-state index in [1.807, 2.05) is 0 Å². The minimum absolute atomic E-state index is 0.564. The molecule has 264 valence electrons. The molecule has 54 heavy (non-hydrogen) atoms. The molecule has 2 fully saturated rings. The van der Waals surface area contributed by atoms with Crippen molar-refractivity contribution in [1.82, 2.24) is 0 Å². The van der Waals surface area contributed by atoms with Gasteiger partial charge in [-0.15, -0.1) is 0 Å². The topological polar surface area (TPSA) is 16.4 Å². The fourth-order valence-corrected chi connectivity index (χ4v) is 10.4. The summed E-state index contributed by atoms with van der Waals surface area (Å²) in [6.07, 6.45) is 13.2. The minimum Gasteiger partial charge on any atom is -0.455 e. The second-order valence-corrected chi connectivity index (χ2v) is 16.1. The highest BCUT2D eigenvalue weighted by Crippen LogP contribution is 2.50. The maximum atomic E-state index is 6.55. The molecule has 2 heteroatoms. The Hall–Kier alpha value is -5.60. The van der Waals surface area contributed by atoms with Crippen LogP contribution < -0.4 is 4.90 Å². The molecule has 0 unspecified atom stereocenters. The molecule has 2 saturated carbocycles. The summed E-state index contributed by atoms with van der Waals surface area (Å²) in [7, 11) is 0. The number of anilines is 3. The lowest BCUT2D eigenvalue weighted by Gasteiger charge is -2.31. The number of para-hydroxylation sites is 3. The fourth-order valence-electron chi connectivity index (χ4n) is 10.4. The van der Waals surface area contributed by atoms with E-state index in [0.29, 0.717) is 11.8 Å². The van der Waals surface area contributed by atoms with Gasteiger partial charge in [0.05, 0.1) is 5.69 Å². The second kappa shape index (κ2) is 13.1. The lowest BCUT2D eigenvalue weighted by Crippen LogP contribution is -2.13. The van der Waals surface area contributed by atoms with E-state index in [-0.39, 0.29) is 0 Å². The molecule has 2 aliphatic carbocycles. The summed E-state index contributed by atoms with van der Waals surface area (Å²) >= 11 is 0. The van der Waals surface area contributed by atoms with Gasteiger partial charge in [0.15, 0.2) is 0 Å². The number of rotatable bonds is 6. The van der Waals surface area contributed by atoms with Gasteiger partial charge in [-0.05, 0) is 118 Å². The van der Waals surface area contributed by atoms with Crippen LogP contribution in [0.3, 0.4) is 0 Å². The van der Waals surface area contributed by atoms with Gasteiger partial charge in [0.25, 0.3) is 0 Å². The molecule has 2 aliphatic rings. The number of hydrogen-bond acceptors (Lipinski definition) is 2. The van der Waals surface area contributed by atoms with Crippen LogP contribution >= 0.6 is 0 Å². The van der Waals surface area contributed by atoms with Crippen molar-refractivity contribution in [3.05, 3.63) is 151 Å². The highest BCUT2D eigenvalue weighted by atomic mass is 16.3. The van der Waals surface area contributed by atoms with Crippen LogP contribution in [0.4, 0.5) is 17.1 Å². The number of fused-ring (bicyclic) bond motifs is 3. The highest BCUT2D eigenvalue weighted by molar-refractivity contribution is 6.27. The van der Waals surface area contributed by atoms with Crippen LogP contribution in [0.5, 0.6) is 0 Å². The van der Waals surface area contributed by atoms with Crippen molar-refractivity contribution < 1.29 is 4.42 Å². The Morgan fingerprint density at radius 1 is 0.444 bits per heavy atom. The zero-order valence-electron chi connectivity index (χ0n) is 30.9. The van der Waals surface area contributed by atoms with Crippen molar-refractivity contribution in [3.8, 4) is 11.1 Å². The Morgan fingerprint density at radius 2 is 1.09 bits per heavy atom. The van der Waals surface area contributed by atoms with Gasteiger partial charge in [-0.25, -0.2) is 0 Å². The van der Waals surface area contributed by atoms with Gasteiger partial charge in [-0.2, -0.15) is 0 Å². The lowest BCUT2D eigenvalue weighted by atomic mass is 9.78. The van der Waals surface area contributed by atoms with Gasteiger partial charge in [-0.3, -0.25) is 0 Å². The van der Waals surface area contributed by atoms with Crippen molar-refractivity contribution >= 4 is 71.3 Å². The predicted octanol–water partition coefficient (Wildman–Crippen LogP) is 15.7. The average molecular weight is 700 g/mol. The Kier molecular flexibility index (Phi) is 7.71. The van der Waals surface area contributed by atoms with Gasteiger partial charge in [-0.1, -0.05) is 142 Å². The van der Waals surface area contributed by atoms with Crippen molar-refractivity contribution in [1.29, 1.82) is 0 Å². The number of furan rings is 1. The second-order valence-electron chi connectivity index (χ2n) is 16.1. The molecular formula is C52H45NO. The van der Waals surface area contributed by atoms with E-state index >= 15 is 0 Å². The molecule has 1 aromatic heterocycles. The van der Waals surface area contributed by atoms with Gasteiger partial charge in [0.2, 0.25) is 0 Å². The number of benzene rings is 8. The zero-order chi connectivity index (χ0) is 35.6. The third-order valence-electron chi connectivity index (χ3n) is 13.0. The third kappa shape index (κ3) is 5.14. The van der Waals surface area contributed by atoms with Crippen LogP contribution in [0.15, 0.2) is 144 Å². The zero-order valence-corrected chi connectivity index (χ0v) is 30.9. The summed E-state index contributed by atoms with van der Waals surface area (Å²) in [6, 6.07) is 52.3. The van der Waals surface area contributed by atoms with Crippen molar-refractivity contribution in [3.63, 3.8) is 0 Å². The van der Waals surface area contributed by atoms with E-state index in [1.165, 1.54) is 113 Å². The fraction of sp³-hybridized carbons (Fsp3) is 0.231. The lowest BCUT2D eigenvalue weighted by molar-refractivity contribution is 0.445. The summed E-state index contributed by atoms with van der Waals surface area (Å²) in [5.41, 5.74) is 10.8. The van der Waals surface area contributed by atoms with Crippen molar-refractivity contribution in [2.45, 2.75) is 76.0 Å². The molecule has 9 aromatic rings. The standard InChI is InChI=1S/C52H45NO/c1-4-14-34(15-5-1)40-28-26-36-27-29-44-47(35-16-6-2-7-17-35)33-48(46-31-30-43(40)50(36)51(44)46)53(38-19-8-3-9-20-38)39-21-12-18-37(32-39)41-23-13-24-45-42-22-10-11-25-49(42)54-52(41)45/h3,8-13,18-35H,1-2,4-7,14-17H2. The van der Waals surface area contributed by atoms with Crippen LogP contribution in [0, 0.1) is 0 Å². The Labute approximate surface area is 317 Å². The van der Waals surface area contributed by atoms with E-state index in [1.54, 1.807) is 5.56 Å². The van der Waals surface area contributed by atoms with Crippen LogP contribution in [0.2, 0.25) is 0 Å². The Bertz CT molecular complexity index is 2800. The number of nitrogens with zero attached hydrogens (tertiary/aromatic N) is 1. The molecule has 1 heterocycles. The molecule has 0 amide bonds. The first kappa shape index (κ1) is 31.9. The number of hydrogen-bond donors (Lipinski definition) is 0. The van der Waals surface area contributed by atoms with Crippen molar-refractivity contribution in [2.75, 3.05) is 4.90 Å². The van der Waals surface area contributed by atoms with Gasteiger partial charge < -0.3 is 9.32 Å². The largest absolute Gasteiger partial charge is 0.455 e. The highest BCUT2D eigenvalue weighted by Gasteiger charge is 2.27. The molecule has 0 radical (unpaired) electrons. The molecule has 8 aromatic carbocycles. The van der Waals surface area contributed by atoms with Crippen LogP contribution in [-0.4, -0.2) is 0 Å². The SMILES string of the molecule is c1ccc(N(c2cccc(-c3cccc4c3oc3ccccc34)c2)c2cc(C3CCCCC3)c3ccc4ccc(C5CCCCC5)c5ccc2c3c45)cc1. The van der Waals surface area contributed by atoms with Gasteiger partial charge in [0.1, 0.15) is 11.2 Å². The molecule has 11 rings (SSSR count). The molecule has 0 bridgehead atoms. The summed E-state index contributed by atoms with van der Waals surface area (Å²) in [6.45, 7) is 0. The first-order chi connectivity index (χ1) is 26.8. The smallest absolute Gasteiger partial charge is 0.143 e. The van der Waals surface area contributed by atoms with E-state index in [9.17, 15) is 0 Å². The van der Waals surface area contributed by atoms with Crippen LogP contribution in [0.25, 0.3) is 65.4 Å². The van der Waals surface area contributed by atoms with E-state index in [4.69, 9.17) is 4.42 Å². The minimum atomic E-state index is 0.564. The molecule has 0 spiro atoms. The van der Waals surface area contributed by atoms with Crippen LogP contribution in [0.1, 0.15) is 87.2 Å². The van der Waals surface area contributed by atoms with Gasteiger partial charge in [0, 0.05) is 33.1 Å². The van der Waals surface area contributed by atoms with Crippen LogP contribution in [-0.2, 0) is 0 Å². The maximum absolute atomic E-state index is 6.55. The van der Waals surface area contributed by atoms with Crippen molar-refractivity contribution in [2.24, 2.45) is 0 Å². The molecule has 0 saturated heterocycles. The van der Waals surface area contributed by atoms with Gasteiger partial charge >= 0.3 is 0 Å². The average Bonchev–Trinajstić information content (AvgIpc) is 3.63. The molecular weight excluding hydrogens is 655 g/mol. The predicted molar refractivity (Wildman–Crippen MR) is 229 cm³/mol. The molecule has 0 N–H and O–H groups in total. The summed E-state index contributed by atoms with van der Waals surface area (Å²) < 4.78 is 6.55. The maximum Gasteiger partial charge on any atom is 0.143 e. The first-order valence-electron chi connectivity index (χ1n) is 20.4. The molecule has 0 aliphatic heterocycles. The Morgan fingerprint density at radius 3 is 1.93 bits per heavy atom. The third-order valence-corrected chi connectivity index (χ3v) is 13.0. The summed E-state index contributed by atoms with van der Waals surface area (Å²) in [4.78, 5) is 2.53. The quantitative estimate of drug-likeness (QED) is 0.161. The molecule has 2 nitrogen and oxygen atoms in total. The monoisotopic (exact) mass is 699 g/mol. The normalized spacial score (nSPS) is 16.0.